The van der Waals surface area contributed by atoms with Crippen molar-refractivity contribution in [1.29, 1.82) is 0 Å². The van der Waals surface area contributed by atoms with E-state index in [2.05, 4.69) is 20.4 Å². The number of tetrazole rings is 1. The Kier molecular flexibility index (Phi) is 5.75. The highest BCUT2D eigenvalue weighted by atomic mass is 16.6. The predicted octanol–water partition coefficient (Wildman–Crippen LogP) is 1.46. The fourth-order valence-electron chi connectivity index (χ4n) is 3.51. The van der Waals surface area contributed by atoms with Gasteiger partial charge in [0.05, 0.1) is 17.0 Å². The zero-order chi connectivity index (χ0) is 20.9. The molecule has 1 saturated heterocycles. The first-order valence-electron chi connectivity index (χ1n) is 9.64. The molecule has 0 atom stereocenters. The van der Waals surface area contributed by atoms with Gasteiger partial charge in [0.15, 0.2) is 0 Å². The third-order valence-electron chi connectivity index (χ3n) is 5.16. The molecule has 0 N–H and O–H groups in total. The van der Waals surface area contributed by atoms with Gasteiger partial charge in [0.1, 0.15) is 6.33 Å². The fraction of sp³-hybridized carbons (Fsp3) is 0.300. The Balaban J connectivity index is 1.28. The normalized spacial score (nSPS) is 14.6. The average molecular weight is 407 g/mol. The van der Waals surface area contributed by atoms with Crippen molar-refractivity contribution in [1.82, 2.24) is 30.0 Å². The first-order chi connectivity index (χ1) is 14.6. The second-order valence-electron chi connectivity index (χ2n) is 7.18. The first kappa shape index (κ1) is 19.6. The third kappa shape index (κ3) is 4.66. The van der Waals surface area contributed by atoms with E-state index in [1.807, 2.05) is 35.2 Å². The van der Waals surface area contributed by atoms with E-state index in [1.165, 1.54) is 12.4 Å². The molecule has 0 bridgehead atoms. The molecule has 1 amide bonds. The second-order valence-corrected chi connectivity index (χ2v) is 7.18. The van der Waals surface area contributed by atoms with Gasteiger partial charge in [-0.3, -0.25) is 19.8 Å². The number of piperazine rings is 1. The Hall–Kier alpha value is -3.66. The summed E-state index contributed by atoms with van der Waals surface area (Å²) in [4.78, 5) is 27.3. The molecule has 2 heterocycles. The monoisotopic (exact) mass is 407 g/mol. The van der Waals surface area contributed by atoms with Gasteiger partial charge in [-0.2, -0.15) is 0 Å². The molecule has 10 nitrogen and oxygen atoms in total. The smallest absolute Gasteiger partial charge is 0.269 e. The maximum atomic E-state index is 12.7. The number of carbonyl (C=O) groups is 1. The van der Waals surface area contributed by atoms with Crippen LogP contribution in [-0.4, -0.2) is 67.0 Å². The van der Waals surface area contributed by atoms with Gasteiger partial charge in [0.25, 0.3) is 5.69 Å². The molecule has 1 aliphatic heterocycles. The molecule has 2 aromatic carbocycles. The van der Waals surface area contributed by atoms with Crippen molar-refractivity contribution < 1.29 is 9.72 Å². The summed E-state index contributed by atoms with van der Waals surface area (Å²) in [6, 6.07) is 14.3. The molecular weight excluding hydrogens is 386 g/mol. The van der Waals surface area contributed by atoms with E-state index in [1.54, 1.807) is 16.8 Å². The summed E-state index contributed by atoms with van der Waals surface area (Å²) in [5.41, 5.74) is 2.79. The van der Waals surface area contributed by atoms with Crippen LogP contribution in [0.15, 0.2) is 54.9 Å². The number of carbonyl (C=O) groups excluding carboxylic acids is 1. The van der Waals surface area contributed by atoms with Crippen molar-refractivity contribution in [2.75, 3.05) is 26.2 Å². The maximum absolute atomic E-state index is 12.7. The van der Waals surface area contributed by atoms with E-state index in [9.17, 15) is 14.9 Å². The minimum Gasteiger partial charge on any atom is -0.340 e. The fourth-order valence-corrected chi connectivity index (χ4v) is 3.51. The SMILES string of the molecule is O=C(Cc1ccc(-n2cnnn2)cc1)N1CCN(Cc2cccc([N+](=O)[O-])c2)CC1. The molecule has 1 aromatic heterocycles. The standard InChI is InChI=1S/C20H21N7O3/c28-20(13-16-4-6-18(7-5-16)26-15-21-22-23-26)25-10-8-24(9-11-25)14-17-2-1-3-19(12-17)27(29)30/h1-7,12,15H,8-11,13-14H2. The van der Waals surface area contributed by atoms with Crippen molar-refractivity contribution in [3.63, 3.8) is 0 Å². The van der Waals surface area contributed by atoms with Crippen LogP contribution in [0.1, 0.15) is 11.1 Å². The first-order valence-corrected chi connectivity index (χ1v) is 9.64. The topological polar surface area (TPSA) is 110 Å². The van der Waals surface area contributed by atoms with Crippen molar-refractivity contribution >= 4 is 11.6 Å². The number of benzene rings is 2. The number of nitrogens with zero attached hydrogens (tertiary/aromatic N) is 7. The molecular formula is C20H21N7O3. The molecule has 0 radical (unpaired) electrons. The highest BCUT2D eigenvalue weighted by Gasteiger charge is 2.21. The number of amides is 1. The largest absolute Gasteiger partial charge is 0.340 e. The number of hydrogen-bond acceptors (Lipinski definition) is 7. The maximum Gasteiger partial charge on any atom is 0.269 e. The zero-order valence-corrected chi connectivity index (χ0v) is 16.3. The van der Waals surface area contributed by atoms with Crippen LogP contribution < -0.4 is 0 Å². The Labute approximate surface area is 172 Å². The highest BCUT2D eigenvalue weighted by molar-refractivity contribution is 5.79. The summed E-state index contributed by atoms with van der Waals surface area (Å²) in [7, 11) is 0. The molecule has 4 rings (SSSR count). The summed E-state index contributed by atoms with van der Waals surface area (Å²) in [6.45, 7) is 3.43. The van der Waals surface area contributed by atoms with Gasteiger partial charge in [0, 0.05) is 44.9 Å². The van der Waals surface area contributed by atoms with Crippen LogP contribution in [0.25, 0.3) is 5.69 Å². The Morgan fingerprint density at radius 3 is 2.47 bits per heavy atom. The number of hydrogen-bond donors (Lipinski definition) is 0. The zero-order valence-electron chi connectivity index (χ0n) is 16.3. The van der Waals surface area contributed by atoms with Gasteiger partial charge in [-0.05, 0) is 33.7 Å². The quantitative estimate of drug-likeness (QED) is 0.449. The lowest BCUT2D eigenvalue weighted by molar-refractivity contribution is -0.384. The van der Waals surface area contributed by atoms with Crippen LogP contribution in [0.4, 0.5) is 5.69 Å². The Morgan fingerprint density at radius 1 is 1.03 bits per heavy atom. The summed E-state index contributed by atoms with van der Waals surface area (Å²) >= 11 is 0. The molecule has 0 unspecified atom stereocenters. The van der Waals surface area contributed by atoms with Gasteiger partial charge in [-0.15, -0.1) is 5.10 Å². The molecule has 0 aliphatic carbocycles. The van der Waals surface area contributed by atoms with Crippen molar-refractivity contribution in [3.8, 4) is 5.69 Å². The van der Waals surface area contributed by atoms with Gasteiger partial charge >= 0.3 is 0 Å². The van der Waals surface area contributed by atoms with Gasteiger partial charge in [0.2, 0.25) is 5.91 Å². The van der Waals surface area contributed by atoms with Crippen LogP contribution in [0.3, 0.4) is 0 Å². The molecule has 154 valence electrons. The van der Waals surface area contributed by atoms with Crippen molar-refractivity contribution in [2.45, 2.75) is 13.0 Å². The minimum absolute atomic E-state index is 0.0974. The molecule has 1 aliphatic rings. The second kappa shape index (κ2) is 8.78. The number of non-ortho nitro benzene ring substituents is 1. The number of nitro groups is 1. The van der Waals surface area contributed by atoms with E-state index >= 15 is 0 Å². The van der Waals surface area contributed by atoms with Crippen LogP contribution in [0.5, 0.6) is 0 Å². The van der Waals surface area contributed by atoms with E-state index < -0.39 is 0 Å². The average Bonchev–Trinajstić information content (AvgIpc) is 3.30. The van der Waals surface area contributed by atoms with Crippen LogP contribution in [0.2, 0.25) is 0 Å². The molecule has 30 heavy (non-hydrogen) atoms. The van der Waals surface area contributed by atoms with Crippen LogP contribution in [0, 0.1) is 10.1 Å². The van der Waals surface area contributed by atoms with Crippen molar-refractivity contribution in [3.05, 3.63) is 76.1 Å². The van der Waals surface area contributed by atoms with Crippen LogP contribution >= 0.6 is 0 Å². The summed E-state index contributed by atoms with van der Waals surface area (Å²) in [5.74, 6) is 0.0974. The van der Waals surface area contributed by atoms with Crippen LogP contribution in [-0.2, 0) is 17.8 Å². The van der Waals surface area contributed by atoms with E-state index in [4.69, 9.17) is 0 Å². The van der Waals surface area contributed by atoms with Gasteiger partial charge < -0.3 is 4.90 Å². The predicted molar refractivity (Wildman–Crippen MR) is 108 cm³/mol. The highest BCUT2D eigenvalue weighted by Crippen LogP contribution is 2.16. The number of rotatable bonds is 6. The summed E-state index contributed by atoms with van der Waals surface area (Å²) < 4.78 is 1.56. The molecule has 0 spiro atoms. The molecule has 1 fully saturated rings. The Bertz CT molecular complexity index is 1010. The lowest BCUT2D eigenvalue weighted by Crippen LogP contribution is -2.48. The lowest BCUT2D eigenvalue weighted by Gasteiger charge is -2.34. The number of aromatic nitrogens is 4. The lowest BCUT2D eigenvalue weighted by atomic mass is 10.1. The molecule has 0 saturated carbocycles. The summed E-state index contributed by atoms with van der Waals surface area (Å²) in [5, 5.41) is 22.0. The van der Waals surface area contributed by atoms with Crippen molar-refractivity contribution in [2.24, 2.45) is 0 Å². The Morgan fingerprint density at radius 2 is 1.80 bits per heavy atom. The molecule has 10 heteroatoms. The summed E-state index contributed by atoms with van der Waals surface area (Å²) in [6.07, 6.45) is 1.87. The van der Waals surface area contributed by atoms with E-state index in [0.29, 0.717) is 26.1 Å². The third-order valence-corrected chi connectivity index (χ3v) is 5.16. The minimum atomic E-state index is -0.379. The van der Waals surface area contributed by atoms with Gasteiger partial charge in [-0.1, -0.05) is 24.3 Å². The van der Waals surface area contributed by atoms with E-state index in [0.717, 1.165) is 29.9 Å². The molecule has 3 aromatic rings. The van der Waals surface area contributed by atoms with E-state index in [-0.39, 0.29) is 16.5 Å². The number of nitro benzene ring substituents is 1. The van der Waals surface area contributed by atoms with Gasteiger partial charge in [-0.25, -0.2) is 4.68 Å².